The highest BCUT2D eigenvalue weighted by Crippen LogP contribution is 2.24. The van der Waals surface area contributed by atoms with Crippen LogP contribution in [-0.2, 0) is 9.59 Å². The van der Waals surface area contributed by atoms with Gasteiger partial charge in [0, 0.05) is 13.1 Å². The Kier molecular flexibility index (Phi) is 8.68. The monoisotopic (exact) mass is 397 g/mol. The van der Waals surface area contributed by atoms with Crippen molar-refractivity contribution in [3.63, 3.8) is 0 Å². The van der Waals surface area contributed by atoms with Crippen LogP contribution in [0.15, 0.2) is 54.6 Å². The van der Waals surface area contributed by atoms with Gasteiger partial charge in [-0.2, -0.15) is 0 Å². The van der Waals surface area contributed by atoms with Crippen molar-refractivity contribution in [2.45, 2.75) is 19.9 Å². The number of amides is 2. The summed E-state index contributed by atoms with van der Waals surface area (Å²) in [6.07, 6.45) is 0. The van der Waals surface area contributed by atoms with E-state index in [0.29, 0.717) is 13.1 Å². The molecule has 0 bridgehead atoms. The van der Waals surface area contributed by atoms with Gasteiger partial charge in [0.2, 0.25) is 11.8 Å². The zero-order valence-electron chi connectivity index (χ0n) is 17.7. The molecule has 0 aliphatic carbocycles. The molecule has 2 aromatic carbocycles. The molecule has 0 saturated carbocycles. The number of ether oxygens (including phenoxy) is 1. The molecule has 0 fully saturated rings. The topological polar surface area (TPSA) is 61.9 Å². The first-order chi connectivity index (χ1) is 14.0. The van der Waals surface area contributed by atoms with Crippen LogP contribution in [0.2, 0.25) is 0 Å². The molecule has 0 aromatic heterocycles. The van der Waals surface area contributed by atoms with Crippen LogP contribution >= 0.6 is 0 Å². The van der Waals surface area contributed by atoms with Crippen molar-refractivity contribution >= 4 is 11.8 Å². The molecule has 0 saturated heterocycles. The molecule has 1 atom stereocenters. The Morgan fingerprint density at radius 2 is 1.52 bits per heavy atom. The molecule has 0 heterocycles. The van der Waals surface area contributed by atoms with Crippen molar-refractivity contribution in [3.05, 3.63) is 65.7 Å². The van der Waals surface area contributed by atoms with Crippen LogP contribution < -0.4 is 10.1 Å². The minimum absolute atomic E-state index is 0.0278. The maximum Gasteiger partial charge on any atom is 0.236 e. The lowest BCUT2D eigenvalue weighted by molar-refractivity contribution is -0.132. The van der Waals surface area contributed by atoms with Crippen LogP contribution in [0.3, 0.4) is 0 Å². The Hall–Kier alpha value is -2.86. The molecule has 2 amide bonds. The first-order valence-electron chi connectivity index (χ1n) is 9.93. The number of carbonyl (C=O) groups excluding carboxylic acids is 2. The van der Waals surface area contributed by atoms with Gasteiger partial charge in [-0.3, -0.25) is 14.5 Å². The molecule has 156 valence electrons. The van der Waals surface area contributed by atoms with Crippen molar-refractivity contribution in [1.29, 1.82) is 0 Å². The van der Waals surface area contributed by atoms with Crippen molar-refractivity contribution in [2.75, 3.05) is 40.3 Å². The molecule has 6 nitrogen and oxygen atoms in total. The second-order valence-electron chi connectivity index (χ2n) is 6.92. The standard InChI is InChI=1S/C23H31N3O3/c1-5-26(6-2)22(28)17-25(3)16-21(27)24-23(18-10-8-7-9-11-18)19-12-14-20(29-4)15-13-19/h7-15,23H,5-6,16-17H2,1-4H3,(H,24,27)/t23-/m0/s1. The zero-order valence-corrected chi connectivity index (χ0v) is 17.7. The summed E-state index contributed by atoms with van der Waals surface area (Å²) in [6, 6.07) is 17.2. The molecule has 0 radical (unpaired) electrons. The summed E-state index contributed by atoms with van der Waals surface area (Å²) in [5.41, 5.74) is 1.96. The van der Waals surface area contributed by atoms with Crippen LogP contribution in [0.5, 0.6) is 5.75 Å². The van der Waals surface area contributed by atoms with Gasteiger partial charge < -0.3 is 15.0 Å². The van der Waals surface area contributed by atoms with Gasteiger partial charge in [0.1, 0.15) is 5.75 Å². The van der Waals surface area contributed by atoms with Crippen molar-refractivity contribution in [1.82, 2.24) is 15.1 Å². The molecule has 29 heavy (non-hydrogen) atoms. The van der Waals surface area contributed by atoms with Crippen LogP contribution in [0, 0.1) is 0 Å². The van der Waals surface area contributed by atoms with Crippen LogP contribution in [0.4, 0.5) is 0 Å². The maximum atomic E-state index is 12.7. The lowest BCUT2D eigenvalue weighted by Crippen LogP contribution is -2.43. The molecule has 2 aromatic rings. The first-order valence-corrected chi connectivity index (χ1v) is 9.93. The molecule has 1 N–H and O–H groups in total. The highest BCUT2D eigenvalue weighted by Gasteiger charge is 2.19. The highest BCUT2D eigenvalue weighted by molar-refractivity contribution is 5.81. The summed E-state index contributed by atoms with van der Waals surface area (Å²) in [5.74, 6) is 0.658. The van der Waals surface area contributed by atoms with E-state index in [1.54, 1.807) is 24.0 Å². The van der Waals surface area contributed by atoms with Gasteiger partial charge in [-0.15, -0.1) is 0 Å². The summed E-state index contributed by atoms with van der Waals surface area (Å²) in [5, 5.41) is 3.10. The van der Waals surface area contributed by atoms with Gasteiger partial charge in [0.05, 0.1) is 26.2 Å². The largest absolute Gasteiger partial charge is 0.497 e. The van der Waals surface area contributed by atoms with E-state index in [2.05, 4.69) is 5.32 Å². The first kappa shape index (κ1) is 22.4. The van der Waals surface area contributed by atoms with Crippen LogP contribution in [0.25, 0.3) is 0 Å². The number of nitrogens with zero attached hydrogens (tertiary/aromatic N) is 2. The molecular formula is C23H31N3O3. The summed E-state index contributed by atoms with van der Waals surface area (Å²) in [7, 11) is 3.41. The minimum atomic E-state index is -0.276. The number of rotatable bonds is 10. The Bertz CT molecular complexity index is 774. The SMILES string of the molecule is CCN(CC)C(=O)CN(C)CC(=O)N[C@@H](c1ccccc1)c1ccc(OC)cc1. The van der Waals surface area contributed by atoms with Gasteiger partial charge in [0.25, 0.3) is 0 Å². The smallest absolute Gasteiger partial charge is 0.236 e. The number of methoxy groups -OCH3 is 1. The van der Waals surface area contributed by atoms with Crippen LogP contribution in [-0.4, -0.2) is 62.0 Å². The summed E-state index contributed by atoms with van der Waals surface area (Å²) in [6.45, 7) is 5.60. The third kappa shape index (κ3) is 6.61. The van der Waals surface area contributed by atoms with E-state index >= 15 is 0 Å². The van der Waals surface area contributed by atoms with E-state index in [1.165, 1.54) is 0 Å². The number of carbonyl (C=O) groups is 2. The molecule has 2 rings (SSSR count). The Morgan fingerprint density at radius 1 is 0.931 bits per heavy atom. The summed E-state index contributed by atoms with van der Waals surface area (Å²) < 4.78 is 5.23. The van der Waals surface area contributed by atoms with E-state index in [9.17, 15) is 9.59 Å². The van der Waals surface area contributed by atoms with Gasteiger partial charge in [-0.05, 0) is 44.2 Å². The average molecular weight is 398 g/mol. The zero-order chi connectivity index (χ0) is 21.2. The van der Waals surface area contributed by atoms with E-state index in [0.717, 1.165) is 16.9 Å². The molecule has 0 spiro atoms. The quantitative estimate of drug-likeness (QED) is 0.670. The second-order valence-corrected chi connectivity index (χ2v) is 6.92. The fourth-order valence-electron chi connectivity index (χ4n) is 3.22. The average Bonchev–Trinajstić information content (AvgIpc) is 2.73. The van der Waals surface area contributed by atoms with E-state index in [1.807, 2.05) is 68.4 Å². The molecule has 0 aliphatic heterocycles. The van der Waals surface area contributed by atoms with Gasteiger partial charge in [-0.1, -0.05) is 42.5 Å². The number of likely N-dealkylation sites (N-methyl/N-ethyl adjacent to an activating group) is 2. The minimum Gasteiger partial charge on any atom is -0.497 e. The lowest BCUT2D eigenvalue weighted by Gasteiger charge is -2.24. The summed E-state index contributed by atoms with van der Waals surface area (Å²) in [4.78, 5) is 28.5. The summed E-state index contributed by atoms with van der Waals surface area (Å²) >= 11 is 0. The Labute approximate surface area is 173 Å². The number of hydrogen-bond acceptors (Lipinski definition) is 4. The van der Waals surface area contributed by atoms with Gasteiger partial charge >= 0.3 is 0 Å². The molecular weight excluding hydrogens is 366 g/mol. The maximum absolute atomic E-state index is 12.7. The number of hydrogen-bond donors (Lipinski definition) is 1. The fourth-order valence-corrected chi connectivity index (χ4v) is 3.22. The van der Waals surface area contributed by atoms with Crippen molar-refractivity contribution in [2.24, 2.45) is 0 Å². The highest BCUT2D eigenvalue weighted by atomic mass is 16.5. The van der Waals surface area contributed by atoms with E-state index in [4.69, 9.17) is 4.74 Å². The fraction of sp³-hybridized carbons (Fsp3) is 0.391. The van der Waals surface area contributed by atoms with Gasteiger partial charge in [0.15, 0.2) is 0 Å². The van der Waals surface area contributed by atoms with E-state index < -0.39 is 0 Å². The third-order valence-corrected chi connectivity index (χ3v) is 4.82. The molecule has 0 unspecified atom stereocenters. The predicted octanol–water partition coefficient (Wildman–Crippen LogP) is 2.70. The Morgan fingerprint density at radius 3 is 2.07 bits per heavy atom. The van der Waals surface area contributed by atoms with E-state index in [-0.39, 0.29) is 30.9 Å². The third-order valence-electron chi connectivity index (χ3n) is 4.82. The molecule has 6 heteroatoms. The normalized spacial score (nSPS) is 11.8. The van der Waals surface area contributed by atoms with Gasteiger partial charge in [-0.25, -0.2) is 0 Å². The van der Waals surface area contributed by atoms with Crippen LogP contribution in [0.1, 0.15) is 31.0 Å². The lowest BCUT2D eigenvalue weighted by atomic mass is 9.98. The Balaban J connectivity index is 2.08. The second kappa shape index (κ2) is 11.2. The predicted molar refractivity (Wildman–Crippen MR) is 115 cm³/mol. The van der Waals surface area contributed by atoms with Crippen molar-refractivity contribution < 1.29 is 14.3 Å². The number of benzene rings is 2. The number of nitrogens with one attached hydrogen (secondary N) is 1. The molecule has 0 aliphatic rings. The van der Waals surface area contributed by atoms with Crippen molar-refractivity contribution in [3.8, 4) is 5.75 Å².